The van der Waals surface area contributed by atoms with Gasteiger partial charge in [-0.05, 0) is 51.0 Å². The molecule has 7 nitrogen and oxygen atoms in total. The summed E-state index contributed by atoms with van der Waals surface area (Å²) in [7, 11) is 0. The summed E-state index contributed by atoms with van der Waals surface area (Å²) in [4.78, 5) is 12.7. The molecule has 0 bridgehead atoms. The SMILES string of the molecule is CCOc1cc2c(cc1CNC(=O)CSc1nnc(-c3ccccc3F)n1C1CC1)O[C@@H](C)C2. The van der Waals surface area contributed by atoms with Crippen molar-refractivity contribution in [3.05, 3.63) is 53.3 Å². The zero-order valence-electron chi connectivity index (χ0n) is 19.2. The maximum absolute atomic E-state index is 14.3. The molecular formula is C25H27FN4O3S. The van der Waals surface area contributed by atoms with E-state index in [2.05, 4.69) is 15.5 Å². The van der Waals surface area contributed by atoms with E-state index in [1.165, 1.54) is 17.8 Å². The Morgan fingerprint density at radius 1 is 1.29 bits per heavy atom. The van der Waals surface area contributed by atoms with Crippen LogP contribution in [0.2, 0.25) is 0 Å². The van der Waals surface area contributed by atoms with Gasteiger partial charge in [-0.2, -0.15) is 0 Å². The Morgan fingerprint density at radius 3 is 2.88 bits per heavy atom. The number of hydrogen-bond donors (Lipinski definition) is 1. The van der Waals surface area contributed by atoms with Crippen molar-refractivity contribution in [2.45, 2.75) is 57.0 Å². The first kappa shape index (κ1) is 22.7. The van der Waals surface area contributed by atoms with Crippen molar-refractivity contribution >= 4 is 17.7 Å². The lowest BCUT2D eigenvalue weighted by atomic mass is 10.1. The molecule has 1 aliphatic carbocycles. The molecule has 1 aliphatic heterocycles. The maximum atomic E-state index is 14.3. The molecule has 1 fully saturated rings. The molecule has 1 amide bonds. The minimum Gasteiger partial charge on any atom is -0.494 e. The Bertz CT molecular complexity index is 1210. The van der Waals surface area contributed by atoms with E-state index in [1.54, 1.807) is 18.2 Å². The average Bonchev–Trinajstić information content (AvgIpc) is 3.47. The molecule has 5 rings (SSSR count). The number of benzene rings is 2. The molecule has 1 aromatic heterocycles. The quantitative estimate of drug-likeness (QED) is 0.451. The van der Waals surface area contributed by atoms with Crippen LogP contribution >= 0.6 is 11.8 Å². The van der Waals surface area contributed by atoms with Gasteiger partial charge in [0, 0.05) is 30.1 Å². The molecule has 0 radical (unpaired) electrons. The highest BCUT2D eigenvalue weighted by Crippen LogP contribution is 2.41. The van der Waals surface area contributed by atoms with Gasteiger partial charge in [-0.15, -0.1) is 10.2 Å². The summed E-state index contributed by atoms with van der Waals surface area (Å²) in [6.45, 7) is 4.87. The van der Waals surface area contributed by atoms with Crippen LogP contribution in [0.3, 0.4) is 0 Å². The van der Waals surface area contributed by atoms with Crippen LogP contribution < -0.4 is 14.8 Å². The van der Waals surface area contributed by atoms with E-state index in [1.807, 2.05) is 30.5 Å². The Labute approximate surface area is 202 Å². The van der Waals surface area contributed by atoms with Crippen LogP contribution in [-0.4, -0.2) is 39.1 Å². The summed E-state index contributed by atoms with van der Waals surface area (Å²) < 4.78 is 28.0. The first-order chi connectivity index (χ1) is 16.5. The molecule has 1 atom stereocenters. The van der Waals surface area contributed by atoms with Gasteiger partial charge in [0.15, 0.2) is 11.0 Å². The molecule has 1 N–H and O–H groups in total. The topological polar surface area (TPSA) is 78.3 Å². The summed E-state index contributed by atoms with van der Waals surface area (Å²) in [5, 5.41) is 12.1. The van der Waals surface area contributed by atoms with Crippen LogP contribution in [0.4, 0.5) is 4.39 Å². The van der Waals surface area contributed by atoms with E-state index in [9.17, 15) is 9.18 Å². The zero-order valence-corrected chi connectivity index (χ0v) is 20.0. The highest BCUT2D eigenvalue weighted by Gasteiger charge is 2.31. The van der Waals surface area contributed by atoms with E-state index in [0.717, 1.165) is 41.9 Å². The van der Waals surface area contributed by atoms with Gasteiger partial charge in [0.2, 0.25) is 5.91 Å². The molecular weight excluding hydrogens is 455 g/mol. The van der Waals surface area contributed by atoms with Crippen molar-refractivity contribution in [1.82, 2.24) is 20.1 Å². The first-order valence-electron chi connectivity index (χ1n) is 11.6. The summed E-state index contributed by atoms with van der Waals surface area (Å²) >= 11 is 1.31. The zero-order chi connectivity index (χ0) is 23.7. The number of rotatable bonds is 9. The number of aromatic nitrogens is 3. The van der Waals surface area contributed by atoms with E-state index in [-0.39, 0.29) is 29.6 Å². The molecule has 178 valence electrons. The van der Waals surface area contributed by atoms with E-state index in [4.69, 9.17) is 9.47 Å². The molecule has 2 aromatic carbocycles. The summed E-state index contributed by atoms with van der Waals surface area (Å²) in [5.74, 6) is 1.87. The van der Waals surface area contributed by atoms with E-state index in [0.29, 0.717) is 29.7 Å². The van der Waals surface area contributed by atoms with Gasteiger partial charge < -0.3 is 14.8 Å². The number of amides is 1. The fourth-order valence-corrected chi connectivity index (χ4v) is 4.98. The molecule has 34 heavy (non-hydrogen) atoms. The number of halogens is 1. The number of nitrogens with one attached hydrogen (secondary N) is 1. The van der Waals surface area contributed by atoms with Gasteiger partial charge in [0.1, 0.15) is 23.4 Å². The smallest absolute Gasteiger partial charge is 0.230 e. The van der Waals surface area contributed by atoms with Gasteiger partial charge in [0.25, 0.3) is 0 Å². The number of hydrogen-bond acceptors (Lipinski definition) is 6. The molecule has 3 aromatic rings. The van der Waals surface area contributed by atoms with Gasteiger partial charge in [-0.1, -0.05) is 23.9 Å². The Morgan fingerprint density at radius 2 is 2.12 bits per heavy atom. The van der Waals surface area contributed by atoms with Crippen LogP contribution in [0.1, 0.15) is 43.9 Å². The molecule has 9 heteroatoms. The predicted molar refractivity (Wildman–Crippen MR) is 128 cm³/mol. The predicted octanol–water partition coefficient (Wildman–Crippen LogP) is 4.55. The third-order valence-electron chi connectivity index (χ3n) is 5.88. The van der Waals surface area contributed by atoms with Gasteiger partial charge in [0.05, 0.1) is 17.9 Å². The van der Waals surface area contributed by atoms with Crippen molar-refractivity contribution in [3.8, 4) is 22.9 Å². The molecule has 2 aliphatic rings. The van der Waals surface area contributed by atoms with Crippen LogP contribution in [0.15, 0.2) is 41.6 Å². The van der Waals surface area contributed by atoms with Crippen molar-refractivity contribution in [2.24, 2.45) is 0 Å². The van der Waals surface area contributed by atoms with Crippen molar-refractivity contribution < 1.29 is 18.7 Å². The van der Waals surface area contributed by atoms with Crippen molar-refractivity contribution in [2.75, 3.05) is 12.4 Å². The number of nitrogens with zero attached hydrogens (tertiary/aromatic N) is 3. The summed E-state index contributed by atoms with van der Waals surface area (Å²) in [6, 6.07) is 10.8. The van der Waals surface area contributed by atoms with E-state index < -0.39 is 0 Å². The highest BCUT2D eigenvalue weighted by atomic mass is 32.2. The molecule has 0 saturated heterocycles. The lowest BCUT2D eigenvalue weighted by Gasteiger charge is -2.13. The third kappa shape index (κ3) is 4.75. The fraction of sp³-hybridized carbons (Fsp3) is 0.400. The third-order valence-corrected chi connectivity index (χ3v) is 6.82. The minimum absolute atomic E-state index is 0.125. The van der Waals surface area contributed by atoms with Crippen LogP contribution in [0.5, 0.6) is 11.5 Å². The first-order valence-corrected chi connectivity index (χ1v) is 12.6. The lowest BCUT2D eigenvalue weighted by molar-refractivity contribution is -0.118. The molecule has 2 heterocycles. The van der Waals surface area contributed by atoms with Crippen LogP contribution in [-0.2, 0) is 17.8 Å². The van der Waals surface area contributed by atoms with Crippen molar-refractivity contribution in [3.63, 3.8) is 0 Å². The molecule has 1 saturated carbocycles. The standard InChI is InChI=1S/C25H27FN4O3S/c1-3-32-21-11-16-10-15(2)33-22(16)12-17(21)13-27-23(31)14-34-25-29-28-24(30(25)18-8-9-18)19-6-4-5-7-20(19)26/h4-7,11-12,15,18H,3,8-10,13-14H2,1-2H3,(H,27,31)/t15-/m0/s1. The normalized spacial score (nSPS) is 16.7. The highest BCUT2D eigenvalue weighted by molar-refractivity contribution is 7.99. The number of carbonyl (C=O) groups excluding carboxylic acids is 1. The van der Waals surface area contributed by atoms with Crippen molar-refractivity contribution in [1.29, 1.82) is 0 Å². The number of thioether (sulfide) groups is 1. The Hall–Kier alpha value is -3.07. The van der Waals surface area contributed by atoms with Crippen LogP contribution in [0, 0.1) is 5.82 Å². The molecule has 0 spiro atoms. The van der Waals surface area contributed by atoms with Gasteiger partial charge >= 0.3 is 0 Å². The fourth-order valence-electron chi connectivity index (χ4n) is 4.15. The number of carbonyl (C=O) groups is 1. The monoisotopic (exact) mass is 482 g/mol. The minimum atomic E-state index is -0.330. The summed E-state index contributed by atoms with van der Waals surface area (Å²) in [5.41, 5.74) is 2.44. The van der Waals surface area contributed by atoms with Gasteiger partial charge in [-0.3, -0.25) is 9.36 Å². The second-order valence-corrected chi connectivity index (χ2v) is 9.53. The second kappa shape index (κ2) is 9.66. The van der Waals surface area contributed by atoms with Crippen LogP contribution in [0.25, 0.3) is 11.4 Å². The number of fused-ring (bicyclic) bond motifs is 1. The largest absolute Gasteiger partial charge is 0.494 e. The molecule has 0 unspecified atom stereocenters. The number of ether oxygens (including phenoxy) is 2. The lowest BCUT2D eigenvalue weighted by Crippen LogP contribution is -2.25. The Kier molecular flexibility index (Phi) is 6.45. The Balaban J connectivity index is 1.25. The second-order valence-electron chi connectivity index (χ2n) is 8.59. The average molecular weight is 483 g/mol. The summed E-state index contributed by atoms with van der Waals surface area (Å²) in [6.07, 6.45) is 3.00. The van der Waals surface area contributed by atoms with Gasteiger partial charge in [-0.25, -0.2) is 4.39 Å². The van der Waals surface area contributed by atoms with E-state index >= 15 is 0 Å². The maximum Gasteiger partial charge on any atom is 0.230 e.